The van der Waals surface area contributed by atoms with E-state index in [2.05, 4.69) is 22.1 Å². The quantitative estimate of drug-likeness (QED) is 0.685. The first-order valence-electron chi connectivity index (χ1n) is 5.48. The van der Waals surface area contributed by atoms with Gasteiger partial charge in [-0.3, -0.25) is 4.98 Å². The Hall–Kier alpha value is -1.71. The van der Waals surface area contributed by atoms with E-state index in [0.29, 0.717) is 4.47 Å². The molecule has 2 nitrogen and oxygen atoms in total. The fourth-order valence-electron chi connectivity index (χ4n) is 1.76. The van der Waals surface area contributed by atoms with E-state index in [-0.39, 0.29) is 0 Å². The van der Waals surface area contributed by atoms with Gasteiger partial charge in [-0.2, -0.15) is 0 Å². The van der Waals surface area contributed by atoms with E-state index in [9.17, 15) is 0 Å². The van der Waals surface area contributed by atoms with Crippen molar-refractivity contribution in [3.63, 3.8) is 0 Å². The Labute approximate surface area is 114 Å². The van der Waals surface area contributed by atoms with Crippen LogP contribution >= 0.6 is 22.9 Å². The summed E-state index contributed by atoms with van der Waals surface area (Å²) in [6.07, 6.45) is 1.76. The highest BCUT2D eigenvalue weighted by atomic mass is 35.5. The van der Waals surface area contributed by atoms with Gasteiger partial charge in [-0.25, -0.2) is 4.98 Å². The molecule has 3 rings (SSSR count). The molecule has 0 aliphatic carbocycles. The maximum absolute atomic E-state index is 6.04. The number of thiazole rings is 1. The third kappa shape index (κ3) is 2.15. The molecule has 0 aliphatic rings. The summed E-state index contributed by atoms with van der Waals surface area (Å²) >= 11 is 7.52. The van der Waals surface area contributed by atoms with Crippen LogP contribution in [0.4, 0.5) is 0 Å². The molecule has 3 aromatic rings. The van der Waals surface area contributed by atoms with E-state index in [1.54, 1.807) is 6.20 Å². The van der Waals surface area contributed by atoms with Gasteiger partial charge in [0.25, 0.3) is 0 Å². The first kappa shape index (κ1) is 11.4. The highest BCUT2D eigenvalue weighted by Gasteiger charge is 2.14. The van der Waals surface area contributed by atoms with Gasteiger partial charge in [0.1, 0.15) is 5.69 Å². The molecule has 0 saturated carbocycles. The Balaban J connectivity index is 2.17. The molecule has 0 radical (unpaired) electrons. The number of aromatic nitrogens is 2. The van der Waals surface area contributed by atoms with Crippen LogP contribution in [0.25, 0.3) is 21.8 Å². The Kier molecular flexibility index (Phi) is 3.09. The number of rotatable bonds is 2. The third-order valence-corrected chi connectivity index (χ3v) is 3.75. The van der Waals surface area contributed by atoms with Gasteiger partial charge in [-0.15, -0.1) is 11.3 Å². The van der Waals surface area contributed by atoms with Crippen LogP contribution in [0.15, 0.2) is 54.7 Å². The second kappa shape index (κ2) is 4.88. The van der Waals surface area contributed by atoms with Crippen LogP contribution in [-0.4, -0.2) is 9.97 Å². The molecule has 0 spiro atoms. The van der Waals surface area contributed by atoms with Crippen LogP contribution in [0, 0.1) is 0 Å². The zero-order valence-electron chi connectivity index (χ0n) is 9.38. The second-order valence-electron chi connectivity index (χ2n) is 3.73. The lowest BCUT2D eigenvalue weighted by molar-refractivity contribution is 1.28. The van der Waals surface area contributed by atoms with Gasteiger partial charge in [0.2, 0.25) is 0 Å². The largest absolute Gasteiger partial charge is 0.255 e. The number of pyridine rings is 1. The maximum atomic E-state index is 6.04. The van der Waals surface area contributed by atoms with Gasteiger partial charge in [0.15, 0.2) is 4.47 Å². The number of benzene rings is 1. The highest BCUT2D eigenvalue weighted by Crippen LogP contribution is 2.37. The third-order valence-electron chi connectivity index (χ3n) is 2.54. The standard InChI is InChI=1S/C14H9ClN2S/c15-14-17-12(11-8-4-5-9-16-11)13(18-14)10-6-2-1-3-7-10/h1-9H. The lowest BCUT2D eigenvalue weighted by Gasteiger charge is -2.01. The van der Waals surface area contributed by atoms with Crippen molar-refractivity contribution in [3.05, 3.63) is 59.2 Å². The van der Waals surface area contributed by atoms with Crippen molar-refractivity contribution in [1.29, 1.82) is 0 Å². The van der Waals surface area contributed by atoms with Crippen LogP contribution < -0.4 is 0 Å². The summed E-state index contributed by atoms with van der Waals surface area (Å²) < 4.78 is 0.537. The van der Waals surface area contributed by atoms with Crippen molar-refractivity contribution in [2.24, 2.45) is 0 Å². The van der Waals surface area contributed by atoms with Gasteiger partial charge >= 0.3 is 0 Å². The summed E-state index contributed by atoms with van der Waals surface area (Å²) in [4.78, 5) is 9.77. The predicted molar refractivity (Wildman–Crippen MR) is 75.8 cm³/mol. The molecule has 0 bridgehead atoms. The SMILES string of the molecule is Clc1nc(-c2ccccn2)c(-c2ccccc2)s1. The first-order chi connectivity index (χ1) is 8.84. The van der Waals surface area contributed by atoms with E-state index >= 15 is 0 Å². The van der Waals surface area contributed by atoms with Crippen LogP contribution in [0.1, 0.15) is 0 Å². The minimum atomic E-state index is 0.537. The van der Waals surface area contributed by atoms with Gasteiger partial charge in [-0.1, -0.05) is 48.0 Å². The molecule has 1 aromatic carbocycles. The van der Waals surface area contributed by atoms with Crippen molar-refractivity contribution in [2.75, 3.05) is 0 Å². The Bertz CT molecular complexity index is 593. The van der Waals surface area contributed by atoms with Crippen LogP contribution in [0.3, 0.4) is 0 Å². The summed E-state index contributed by atoms with van der Waals surface area (Å²) in [7, 11) is 0. The Morgan fingerprint density at radius 1 is 0.944 bits per heavy atom. The molecule has 0 fully saturated rings. The van der Waals surface area contributed by atoms with E-state index in [1.165, 1.54) is 11.3 Å². The van der Waals surface area contributed by atoms with E-state index in [4.69, 9.17) is 11.6 Å². The number of halogens is 1. The molecule has 0 saturated heterocycles. The molecule has 0 amide bonds. The van der Waals surface area contributed by atoms with Crippen LogP contribution in [0.5, 0.6) is 0 Å². The van der Waals surface area contributed by atoms with E-state index < -0.39 is 0 Å². The van der Waals surface area contributed by atoms with Gasteiger partial charge < -0.3 is 0 Å². The molecule has 88 valence electrons. The minimum Gasteiger partial charge on any atom is -0.255 e. The lowest BCUT2D eigenvalue weighted by Crippen LogP contribution is -1.84. The summed E-state index contributed by atoms with van der Waals surface area (Å²) in [6, 6.07) is 15.9. The van der Waals surface area contributed by atoms with E-state index in [1.807, 2.05) is 36.4 Å². The van der Waals surface area contributed by atoms with Gasteiger partial charge in [0, 0.05) is 6.20 Å². The zero-order chi connectivity index (χ0) is 12.4. The predicted octanol–water partition coefficient (Wildman–Crippen LogP) is 4.53. The Morgan fingerprint density at radius 3 is 2.44 bits per heavy atom. The fraction of sp³-hybridized carbons (Fsp3) is 0. The number of hydrogen-bond acceptors (Lipinski definition) is 3. The molecule has 2 heterocycles. The summed E-state index contributed by atoms with van der Waals surface area (Å²) in [5.41, 5.74) is 2.80. The molecule has 2 aromatic heterocycles. The maximum Gasteiger partial charge on any atom is 0.184 e. The fourth-order valence-corrected chi connectivity index (χ4v) is 2.88. The molecule has 0 unspecified atom stereocenters. The number of nitrogens with zero attached hydrogens (tertiary/aromatic N) is 2. The smallest absolute Gasteiger partial charge is 0.184 e. The van der Waals surface area contributed by atoms with E-state index in [0.717, 1.165) is 21.8 Å². The van der Waals surface area contributed by atoms with Gasteiger partial charge in [-0.05, 0) is 17.7 Å². The normalized spacial score (nSPS) is 10.5. The molecule has 0 N–H and O–H groups in total. The summed E-state index contributed by atoms with van der Waals surface area (Å²) in [5.74, 6) is 0. The molecule has 18 heavy (non-hydrogen) atoms. The molecular formula is C14H9ClN2S. The molecule has 4 heteroatoms. The van der Waals surface area contributed by atoms with Crippen molar-refractivity contribution in [3.8, 4) is 21.8 Å². The topological polar surface area (TPSA) is 25.8 Å². The number of hydrogen-bond donors (Lipinski definition) is 0. The van der Waals surface area contributed by atoms with Crippen molar-refractivity contribution in [2.45, 2.75) is 0 Å². The molecule has 0 aliphatic heterocycles. The van der Waals surface area contributed by atoms with Crippen molar-refractivity contribution >= 4 is 22.9 Å². The van der Waals surface area contributed by atoms with Crippen LogP contribution in [0.2, 0.25) is 4.47 Å². The van der Waals surface area contributed by atoms with Gasteiger partial charge in [0.05, 0.1) is 10.6 Å². The van der Waals surface area contributed by atoms with Crippen molar-refractivity contribution in [1.82, 2.24) is 9.97 Å². The zero-order valence-corrected chi connectivity index (χ0v) is 10.9. The average molecular weight is 273 g/mol. The minimum absolute atomic E-state index is 0.537. The molecular weight excluding hydrogens is 264 g/mol. The summed E-state index contributed by atoms with van der Waals surface area (Å²) in [5, 5.41) is 0. The lowest BCUT2D eigenvalue weighted by atomic mass is 10.1. The average Bonchev–Trinajstić information content (AvgIpc) is 2.83. The van der Waals surface area contributed by atoms with Crippen molar-refractivity contribution < 1.29 is 0 Å². The monoisotopic (exact) mass is 272 g/mol. The molecule has 0 atom stereocenters. The Morgan fingerprint density at radius 2 is 1.72 bits per heavy atom. The highest BCUT2D eigenvalue weighted by molar-refractivity contribution is 7.19. The summed E-state index contributed by atoms with van der Waals surface area (Å²) in [6.45, 7) is 0. The first-order valence-corrected chi connectivity index (χ1v) is 6.67. The van der Waals surface area contributed by atoms with Crippen LogP contribution in [-0.2, 0) is 0 Å². The second-order valence-corrected chi connectivity index (χ2v) is 5.31.